The molecule has 0 spiro atoms. The quantitative estimate of drug-likeness (QED) is 0.398. The van der Waals surface area contributed by atoms with Gasteiger partial charge in [-0.05, 0) is 43.3 Å². The van der Waals surface area contributed by atoms with Gasteiger partial charge in [0.25, 0.3) is 0 Å². The van der Waals surface area contributed by atoms with E-state index in [1.54, 1.807) is 30.3 Å². The van der Waals surface area contributed by atoms with Crippen LogP contribution in [-0.4, -0.2) is 74.7 Å². The van der Waals surface area contributed by atoms with Crippen molar-refractivity contribution in [2.75, 3.05) is 49.4 Å². The summed E-state index contributed by atoms with van der Waals surface area (Å²) in [5.41, 5.74) is 2.12. The maximum atomic E-state index is 14.3. The van der Waals surface area contributed by atoms with Crippen molar-refractivity contribution in [2.24, 2.45) is 0 Å². The van der Waals surface area contributed by atoms with Crippen molar-refractivity contribution in [1.29, 1.82) is 0 Å². The van der Waals surface area contributed by atoms with Gasteiger partial charge in [-0.3, -0.25) is 0 Å². The minimum Gasteiger partial charge on any atom is -0.395 e. The number of aromatic nitrogens is 2. The van der Waals surface area contributed by atoms with E-state index in [9.17, 15) is 17.6 Å². The first-order valence-electron chi connectivity index (χ1n) is 11.7. The fourth-order valence-corrected chi connectivity index (χ4v) is 4.85. The molecule has 196 valence electrons. The zero-order chi connectivity index (χ0) is 26.6. The summed E-state index contributed by atoms with van der Waals surface area (Å²) in [5.74, 6) is -0.212. The predicted molar refractivity (Wildman–Crippen MR) is 138 cm³/mol. The Morgan fingerprint density at radius 1 is 1.16 bits per heavy atom. The van der Waals surface area contributed by atoms with Crippen LogP contribution < -0.4 is 15.5 Å². The summed E-state index contributed by atoms with van der Waals surface area (Å²) in [4.78, 5) is 23.2. The third-order valence-electron chi connectivity index (χ3n) is 5.79. The summed E-state index contributed by atoms with van der Waals surface area (Å²) in [5, 5.41) is 14.0. The smallest absolute Gasteiger partial charge is 0.319 e. The third-order valence-corrected chi connectivity index (χ3v) is 6.95. The van der Waals surface area contributed by atoms with E-state index in [0.717, 1.165) is 18.4 Å². The number of ether oxygens (including phenoxy) is 1. The number of halogens is 1. The lowest BCUT2D eigenvalue weighted by Gasteiger charge is -2.33. The summed E-state index contributed by atoms with van der Waals surface area (Å²) in [7, 11) is -3.67. The molecule has 1 aliphatic rings. The minimum atomic E-state index is -3.67. The second-order valence-corrected chi connectivity index (χ2v) is 10.6. The van der Waals surface area contributed by atoms with Gasteiger partial charge in [-0.2, -0.15) is 0 Å². The number of anilines is 2. The Morgan fingerprint density at radius 2 is 1.89 bits per heavy atom. The van der Waals surface area contributed by atoms with Crippen molar-refractivity contribution >= 4 is 27.5 Å². The highest BCUT2D eigenvalue weighted by molar-refractivity contribution is 7.90. The van der Waals surface area contributed by atoms with E-state index < -0.39 is 21.7 Å². The maximum Gasteiger partial charge on any atom is 0.319 e. The number of carbonyl (C=O) groups excluding carboxylic acids is 1. The normalized spacial score (nSPS) is 15.9. The van der Waals surface area contributed by atoms with Crippen molar-refractivity contribution in [2.45, 2.75) is 17.9 Å². The molecule has 0 aliphatic carbocycles. The second kappa shape index (κ2) is 11.2. The predicted octanol–water partition coefficient (Wildman–Crippen LogP) is 2.69. The maximum absolute atomic E-state index is 14.3. The SMILES string of the molecule is CC1COCCN1c1nc(-c2ccc(NC(=O)NCCO)cc2)cc(-c2cc(F)ccc2S(C)(=O)=O)n1. The van der Waals surface area contributed by atoms with Gasteiger partial charge in [0.15, 0.2) is 9.84 Å². The number of amides is 2. The average Bonchev–Trinajstić information content (AvgIpc) is 2.87. The zero-order valence-corrected chi connectivity index (χ0v) is 21.3. The summed E-state index contributed by atoms with van der Waals surface area (Å²) < 4.78 is 44.8. The Hall–Kier alpha value is -3.61. The molecule has 1 fully saturated rings. The van der Waals surface area contributed by atoms with E-state index >= 15 is 0 Å². The number of urea groups is 1. The van der Waals surface area contributed by atoms with Crippen molar-refractivity contribution in [3.05, 3.63) is 54.3 Å². The molecule has 3 aromatic rings. The van der Waals surface area contributed by atoms with Crippen LogP contribution in [0.5, 0.6) is 0 Å². The number of nitrogens with zero attached hydrogens (tertiary/aromatic N) is 3. The van der Waals surface area contributed by atoms with E-state index in [1.165, 1.54) is 6.07 Å². The molecule has 2 amide bonds. The summed E-state index contributed by atoms with van der Waals surface area (Å²) in [6.07, 6.45) is 1.07. The first kappa shape index (κ1) is 26.5. The third kappa shape index (κ3) is 6.40. The number of carbonyl (C=O) groups is 1. The highest BCUT2D eigenvalue weighted by Crippen LogP contribution is 2.32. The van der Waals surface area contributed by atoms with Crippen LogP contribution in [0.3, 0.4) is 0 Å². The number of rotatable bonds is 7. The molecule has 0 saturated carbocycles. The molecule has 1 atom stereocenters. The van der Waals surface area contributed by atoms with Crippen LogP contribution in [-0.2, 0) is 14.6 Å². The number of morpholine rings is 1. The monoisotopic (exact) mass is 529 g/mol. The molecule has 1 aromatic heterocycles. The molecule has 0 bridgehead atoms. The lowest BCUT2D eigenvalue weighted by atomic mass is 10.1. The van der Waals surface area contributed by atoms with Crippen LogP contribution in [0, 0.1) is 5.82 Å². The molecule has 4 rings (SSSR count). The number of benzene rings is 2. The second-order valence-electron chi connectivity index (χ2n) is 8.65. The fraction of sp³-hybridized carbons (Fsp3) is 0.320. The van der Waals surface area contributed by atoms with Crippen LogP contribution >= 0.6 is 0 Å². The summed E-state index contributed by atoms with van der Waals surface area (Å²) in [6, 6.07) is 11.5. The number of aliphatic hydroxyl groups is 1. The molecule has 1 aliphatic heterocycles. The summed E-state index contributed by atoms with van der Waals surface area (Å²) in [6.45, 7) is 3.45. The van der Waals surface area contributed by atoms with Gasteiger partial charge in [0.05, 0.1) is 42.1 Å². The van der Waals surface area contributed by atoms with Gasteiger partial charge in [0, 0.05) is 36.2 Å². The molecule has 10 nitrogen and oxygen atoms in total. The van der Waals surface area contributed by atoms with Gasteiger partial charge in [0.2, 0.25) is 5.95 Å². The number of aliphatic hydroxyl groups excluding tert-OH is 1. The first-order chi connectivity index (χ1) is 17.7. The van der Waals surface area contributed by atoms with Gasteiger partial charge < -0.3 is 25.4 Å². The van der Waals surface area contributed by atoms with E-state index in [4.69, 9.17) is 14.8 Å². The molecular formula is C25H28FN5O5S. The van der Waals surface area contributed by atoms with Gasteiger partial charge in [-0.25, -0.2) is 27.6 Å². The van der Waals surface area contributed by atoms with Crippen molar-refractivity contribution in [3.63, 3.8) is 0 Å². The lowest BCUT2D eigenvalue weighted by molar-refractivity contribution is 0.0981. The van der Waals surface area contributed by atoms with E-state index in [-0.39, 0.29) is 35.3 Å². The Kier molecular flexibility index (Phi) is 8.00. The Morgan fingerprint density at radius 3 is 2.57 bits per heavy atom. The van der Waals surface area contributed by atoms with Gasteiger partial charge >= 0.3 is 6.03 Å². The van der Waals surface area contributed by atoms with Crippen molar-refractivity contribution in [1.82, 2.24) is 15.3 Å². The number of hydrogen-bond donors (Lipinski definition) is 3. The zero-order valence-electron chi connectivity index (χ0n) is 20.4. The highest BCUT2D eigenvalue weighted by Gasteiger charge is 2.24. The van der Waals surface area contributed by atoms with Gasteiger partial charge in [-0.15, -0.1) is 0 Å². The van der Waals surface area contributed by atoms with E-state index in [2.05, 4.69) is 15.6 Å². The molecule has 37 heavy (non-hydrogen) atoms. The molecule has 3 N–H and O–H groups in total. The highest BCUT2D eigenvalue weighted by atomic mass is 32.2. The van der Waals surface area contributed by atoms with E-state index in [0.29, 0.717) is 42.7 Å². The van der Waals surface area contributed by atoms with Crippen molar-refractivity contribution in [3.8, 4) is 22.5 Å². The number of nitrogens with one attached hydrogen (secondary N) is 2. The molecule has 12 heteroatoms. The standard InChI is InChI=1S/C25H28FN5O5S/c1-16-15-36-12-10-31(16)24-29-21(17-3-6-19(7-4-17)28-25(33)27-9-11-32)14-22(30-24)20-13-18(26)5-8-23(20)37(2,34)35/h3-8,13-14,16,32H,9-12,15H2,1-2H3,(H2,27,28,33). The molecule has 2 aromatic carbocycles. The largest absolute Gasteiger partial charge is 0.395 e. The van der Waals surface area contributed by atoms with Crippen LogP contribution in [0.1, 0.15) is 6.92 Å². The van der Waals surface area contributed by atoms with Crippen molar-refractivity contribution < 1.29 is 27.4 Å². The van der Waals surface area contributed by atoms with Crippen LogP contribution in [0.4, 0.5) is 20.8 Å². The molecule has 2 heterocycles. The minimum absolute atomic E-state index is 0.0252. The topological polar surface area (TPSA) is 134 Å². The average molecular weight is 530 g/mol. The van der Waals surface area contributed by atoms with E-state index in [1.807, 2.05) is 11.8 Å². The number of hydrogen-bond acceptors (Lipinski definition) is 8. The summed E-state index contributed by atoms with van der Waals surface area (Å²) >= 11 is 0. The first-order valence-corrected chi connectivity index (χ1v) is 13.5. The molecular weight excluding hydrogens is 501 g/mol. The van der Waals surface area contributed by atoms with Crippen LogP contribution in [0.25, 0.3) is 22.5 Å². The fourth-order valence-electron chi connectivity index (χ4n) is 3.97. The molecule has 1 saturated heterocycles. The Bertz CT molecular complexity index is 1380. The molecule has 0 radical (unpaired) electrons. The lowest BCUT2D eigenvalue weighted by Crippen LogP contribution is -2.44. The Balaban J connectivity index is 1.78. The van der Waals surface area contributed by atoms with Gasteiger partial charge in [-0.1, -0.05) is 12.1 Å². The molecule has 1 unspecified atom stereocenters. The number of sulfone groups is 1. The van der Waals surface area contributed by atoms with Crippen LogP contribution in [0.2, 0.25) is 0 Å². The van der Waals surface area contributed by atoms with Crippen LogP contribution in [0.15, 0.2) is 53.4 Å². The Labute approximate surface area is 214 Å². The van der Waals surface area contributed by atoms with Gasteiger partial charge in [0.1, 0.15) is 5.82 Å².